The van der Waals surface area contributed by atoms with Crippen LogP contribution < -0.4 is 5.32 Å². The molecule has 1 aliphatic carbocycles. The van der Waals surface area contributed by atoms with Gasteiger partial charge in [-0.15, -0.1) is 0 Å². The summed E-state index contributed by atoms with van der Waals surface area (Å²) in [6.07, 6.45) is 7.41. The SMILES string of the molecule is CSCc1ccc(CNC2(C)CCCC2)o1. The highest BCUT2D eigenvalue weighted by Crippen LogP contribution is 2.29. The summed E-state index contributed by atoms with van der Waals surface area (Å²) < 4.78 is 5.75. The van der Waals surface area contributed by atoms with Crippen molar-refractivity contribution in [3.05, 3.63) is 23.7 Å². The summed E-state index contributed by atoms with van der Waals surface area (Å²) in [4.78, 5) is 0. The second-order valence-corrected chi connectivity index (χ2v) is 5.79. The van der Waals surface area contributed by atoms with Gasteiger partial charge in [0.05, 0.1) is 12.3 Å². The molecule has 0 spiro atoms. The quantitative estimate of drug-likeness (QED) is 0.850. The summed E-state index contributed by atoms with van der Waals surface area (Å²) in [5, 5.41) is 3.63. The predicted molar refractivity (Wildman–Crippen MR) is 69.6 cm³/mol. The van der Waals surface area contributed by atoms with Crippen LogP contribution in [0.4, 0.5) is 0 Å². The number of furan rings is 1. The first-order valence-electron chi connectivity index (χ1n) is 6.03. The van der Waals surface area contributed by atoms with Crippen LogP contribution in [0.3, 0.4) is 0 Å². The average molecular weight is 239 g/mol. The van der Waals surface area contributed by atoms with Crippen LogP contribution in [0, 0.1) is 0 Å². The topological polar surface area (TPSA) is 25.2 Å². The summed E-state index contributed by atoms with van der Waals surface area (Å²) in [7, 11) is 0. The lowest BCUT2D eigenvalue weighted by Gasteiger charge is -2.24. The second-order valence-electron chi connectivity index (χ2n) is 4.92. The monoisotopic (exact) mass is 239 g/mol. The summed E-state index contributed by atoms with van der Waals surface area (Å²) in [6.45, 7) is 3.19. The van der Waals surface area contributed by atoms with Crippen LogP contribution in [-0.2, 0) is 12.3 Å². The smallest absolute Gasteiger partial charge is 0.118 e. The maximum absolute atomic E-state index is 5.75. The number of hydrogen-bond donors (Lipinski definition) is 1. The van der Waals surface area contributed by atoms with Gasteiger partial charge in [-0.3, -0.25) is 0 Å². The first kappa shape index (κ1) is 12.1. The van der Waals surface area contributed by atoms with E-state index in [0.29, 0.717) is 5.54 Å². The minimum atomic E-state index is 0.340. The molecule has 0 bridgehead atoms. The maximum atomic E-state index is 5.75. The summed E-state index contributed by atoms with van der Waals surface area (Å²) in [5.41, 5.74) is 0.340. The molecule has 0 amide bonds. The highest BCUT2D eigenvalue weighted by atomic mass is 32.2. The van der Waals surface area contributed by atoms with E-state index < -0.39 is 0 Å². The van der Waals surface area contributed by atoms with E-state index in [1.54, 1.807) is 11.8 Å². The van der Waals surface area contributed by atoms with Crippen molar-refractivity contribution in [3.8, 4) is 0 Å². The van der Waals surface area contributed by atoms with E-state index in [1.807, 2.05) is 0 Å². The fourth-order valence-corrected chi connectivity index (χ4v) is 2.81. The first-order valence-corrected chi connectivity index (χ1v) is 7.43. The van der Waals surface area contributed by atoms with Gasteiger partial charge in [0, 0.05) is 5.54 Å². The number of thioether (sulfide) groups is 1. The molecule has 1 N–H and O–H groups in total. The van der Waals surface area contributed by atoms with Crippen molar-refractivity contribution in [3.63, 3.8) is 0 Å². The molecule has 1 aromatic rings. The van der Waals surface area contributed by atoms with Crippen molar-refractivity contribution in [2.75, 3.05) is 6.26 Å². The van der Waals surface area contributed by atoms with E-state index in [0.717, 1.165) is 23.8 Å². The van der Waals surface area contributed by atoms with Crippen LogP contribution >= 0.6 is 11.8 Å². The van der Waals surface area contributed by atoms with Gasteiger partial charge in [0.1, 0.15) is 11.5 Å². The minimum absolute atomic E-state index is 0.340. The van der Waals surface area contributed by atoms with E-state index in [2.05, 4.69) is 30.6 Å². The molecule has 3 heteroatoms. The standard InChI is InChI=1S/C13H21NOS/c1-13(7-3-4-8-13)14-9-11-5-6-12(15-11)10-16-2/h5-6,14H,3-4,7-10H2,1-2H3. The molecule has 1 heterocycles. The fraction of sp³-hybridized carbons (Fsp3) is 0.692. The lowest BCUT2D eigenvalue weighted by atomic mass is 10.0. The molecule has 16 heavy (non-hydrogen) atoms. The molecular formula is C13H21NOS. The number of hydrogen-bond acceptors (Lipinski definition) is 3. The number of nitrogens with one attached hydrogen (secondary N) is 1. The zero-order valence-electron chi connectivity index (χ0n) is 10.2. The van der Waals surface area contributed by atoms with Crippen molar-refractivity contribution < 1.29 is 4.42 Å². The molecule has 1 aliphatic rings. The molecule has 0 saturated heterocycles. The van der Waals surface area contributed by atoms with Gasteiger partial charge >= 0.3 is 0 Å². The Bertz CT molecular complexity index is 328. The molecule has 2 rings (SSSR count). The van der Waals surface area contributed by atoms with Gasteiger partial charge in [0.25, 0.3) is 0 Å². The van der Waals surface area contributed by atoms with E-state index in [-0.39, 0.29) is 0 Å². The van der Waals surface area contributed by atoms with E-state index in [9.17, 15) is 0 Å². The van der Waals surface area contributed by atoms with Gasteiger partial charge in [0.2, 0.25) is 0 Å². The Morgan fingerprint density at radius 3 is 2.69 bits per heavy atom. The van der Waals surface area contributed by atoms with Crippen molar-refractivity contribution in [2.24, 2.45) is 0 Å². The molecule has 0 atom stereocenters. The molecule has 2 nitrogen and oxygen atoms in total. The molecular weight excluding hydrogens is 218 g/mol. The Morgan fingerprint density at radius 1 is 1.31 bits per heavy atom. The summed E-state index contributed by atoms with van der Waals surface area (Å²) >= 11 is 1.80. The third kappa shape index (κ3) is 3.05. The molecule has 90 valence electrons. The Hall–Kier alpha value is -0.410. The Labute approximate surface area is 102 Å². The fourth-order valence-electron chi connectivity index (χ4n) is 2.37. The van der Waals surface area contributed by atoms with Crippen molar-refractivity contribution in [2.45, 2.75) is 50.4 Å². The average Bonchev–Trinajstić information content (AvgIpc) is 2.86. The molecule has 1 saturated carbocycles. The van der Waals surface area contributed by atoms with Gasteiger partial charge in [-0.2, -0.15) is 11.8 Å². The largest absolute Gasteiger partial charge is 0.464 e. The zero-order valence-corrected chi connectivity index (χ0v) is 11.0. The van der Waals surface area contributed by atoms with Crippen LogP contribution in [0.15, 0.2) is 16.5 Å². The maximum Gasteiger partial charge on any atom is 0.118 e. The Balaban J connectivity index is 1.84. The third-order valence-corrected chi connectivity index (χ3v) is 3.97. The third-order valence-electron chi connectivity index (χ3n) is 3.40. The van der Waals surface area contributed by atoms with Crippen molar-refractivity contribution in [1.82, 2.24) is 5.32 Å². The predicted octanol–water partition coefficient (Wildman–Crippen LogP) is 3.56. The highest BCUT2D eigenvalue weighted by molar-refractivity contribution is 7.97. The molecule has 1 aromatic heterocycles. The minimum Gasteiger partial charge on any atom is -0.464 e. The normalized spacial score (nSPS) is 19.1. The van der Waals surface area contributed by atoms with Crippen molar-refractivity contribution >= 4 is 11.8 Å². The highest BCUT2D eigenvalue weighted by Gasteiger charge is 2.27. The lowest BCUT2D eigenvalue weighted by Crippen LogP contribution is -2.38. The van der Waals surface area contributed by atoms with Crippen LogP contribution in [0.2, 0.25) is 0 Å². The second kappa shape index (κ2) is 5.28. The Kier molecular flexibility index (Phi) is 3.98. The van der Waals surface area contributed by atoms with Gasteiger partial charge in [-0.05, 0) is 38.2 Å². The van der Waals surface area contributed by atoms with E-state index in [4.69, 9.17) is 4.42 Å². The van der Waals surface area contributed by atoms with Gasteiger partial charge in [-0.25, -0.2) is 0 Å². The van der Waals surface area contributed by atoms with Crippen LogP contribution in [0.1, 0.15) is 44.1 Å². The van der Waals surface area contributed by atoms with E-state index >= 15 is 0 Å². The van der Waals surface area contributed by atoms with Crippen molar-refractivity contribution in [1.29, 1.82) is 0 Å². The van der Waals surface area contributed by atoms with Crippen LogP contribution in [0.25, 0.3) is 0 Å². The van der Waals surface area contributed by atoms with Gasteiger partial charge < -0.3 is 9.73 Å². The van der Waals surface area contributed by atoms with Gasteiger partial charge in [0.15, 0.2) is 0 Å². The Morgan fingerprint density at radius 2 is 2.00 bits per heavy atom. The molecule has 0 aliphatic heterocycles. The summed E-state index contributed by atoms with van der Waals surface area (Å²) in [5.74, 6) is 3.12. The zero-order chi connectivity index (χ0) is 11.4. The molecule has 1 fully saturated rings. The summed E-state index contributed by atoms with van der Waals surface area (Å²) in [6, 6.07) is 4.18. The van der Waals surface area contributed by atoms with Gasteiger partial charge in [-0.1, -0.05) is 12.8 Å². The first-order chi connectivity index (χ1) is 7.72. The van der Waals surface area contributed by atoms with Crippen LogP contribution in [0.5, 0.6) is 0 Å². The molecule has 0 unspecified atom stereocenters. The molecule has 0 radical (unpaired) electrons. The number of rotatable bonds is 5. The van der Waals surface area contributed by atoms with E-state index in [1.165, 1.54) is 25.7 Å². The molecule has 0 aromatic carbocycles. The van der Waals surface area contributed by atoms with Crippen LogP contribution in [-0.4, -0.2) is 11.8 Å². The lowest BCUT2D eigenvalue weighted by molar-refractivity contribution is 0.339.